The van der Waals surface area contributed by atoms with Gasteiger partial charge in [0, 0.05) is 33.1 Å². The van der Waals surface area contributed by atoms with E-state index in [-0.39, 0.29) is 5.78 Å². The van der Waals surface area contributed by atoms with Crippen molar-refractivity contribution in [2.75, 3.05) is 0 Å². The number of fused-ring (bicyclic) bond motifs is 1. The van der Waals surface area contributed by atoms with Gasteiger partial charge in [0.15, 0.2) is 5.78 Å². The van der Waals surface area contributed by atoms with Crippen molar-refractivity contribution in [3.8, 4) is 5.69 Å². The van der Waals surface area contributed by atoms with Crippen LogP contribution in [0.15, 0.2) is 36.5 Å². The van der Waals surface area contributed by atoms with Gasteiger partial charge in [-0.25, -0.2) is 0 Å². The Bertz CT molecular complexity index is 586. The number of hydrogen-bond donors (Lipinski definition) is 0. The number of halogens is 1. The van der Waals surface area contributed by atoms with Crippen molar-refractivity contribution >= 4 is 28.4 Å². The summed E-state index contributed by atoms with van der Waals surface area (Å²) in [6, 6.07) is 10.3. The normalized spacial score (nSPS) is 14.8. The molecule has 0 saturated heterocycles. The molecule has 0 aliphatic heterocycles. The van der Waals surface area contributed by atoms with Crippen molar-refractivity contribution in [3.63, 3.8) is 0 Å². The Balaban J connectivity index is 2.13. The molecule has 1 heterocycles. The number of Topliss-reactive ketones (excluding diaryl/α,β-unsaturated/α-hetero) is 1. The number of carbonyl (C=O) groups is 1. The molecule has 86 valence electrons. The summed E-state index contributed by atoms with van der Waals surface area (Å²) in [4.78, 5) is 11.8. The van der Waals surface area contributed by atoms with Gasteiger partial charge >= 0.3 is 0 Å². The zero-order valence-corrected chi connectivity index (χ0v) is 11.5. The van der Waals surface area contributed by atoms with E-state index < -0.39 is 0 Å². The van der Waals surface area contributed by atoms with Gasteiger partial charge in [0.2, 0.25) is 0 Å². The molecule has 0 N–H and O–H groups in total. The minimum atomic E-state index is 0.288. The minimum absolute atomic E-state index is 0.288. The fourth-order valence-electron chi connectivity index (χ4n) is 2.39. The van der Waals surface area contributed by atoms with Crippen LogP contribution in [-0.2, 0) is 6.42 Å². The standard InChI is InChI=1S/C14H12INO/c15-10-3-1-4-11(9-10)16-8-7-12-13(16)5-2-6-14(12)17/h1,3-4,7-9H,2,5-6H2. The van der Waals surface area contributed by atoms with E-state index in [9.17, 15) is 4.79 Å². The van der Waals surface area contributed by atoms with E-state index in [0.717, 1.165) is 24.1 Å². The highest BCUT2D eigenvalue weighted by Crippen LogP contribution is 2.25. The minimum Gasteiger partial charge on any atom is -0.320 e. The van der Waals surface area contributed by atoms with Crippen molar-refractivity contribution in [2.24, 2.45) is 0 Å². The van der Waals surface area contributed by atoms with Gasteiger partial charge in [0.1, 0.15) is 0 Å². The summed E-state index contributed by atoms with van der Waals surface area (Å²) in [5.41, 5.74) is 3.23. The fraction of sp³-hybridized carbons (Fsp3) is 0.214. The van der Waals surface area contributed by atoms with E-state index >= 15 is 0 Å². The van der Waals surface area contributed by atoms with Crippen LogP contribution in [0.25, 0.3) is 5.69 Å². The van der Waals surface area contributed by atoms with Gasteiger partial charge in [-0.15, -0.1) is 0 Å². The highest BCUT2D eigenvalue weighted by Gasteiger charge is 2.20. The van der Waals surface area contributed by atoms with Crippen LogP contribution in [0, 0.1) is 3.57 Å². The molecule has 1 aromatic heterocycles. The van der Waals surface area contributed by atoms with E-state index in [1.54, 1.807) is 0 Å². The zero-order chi connectivity index (χ0) is 11.8. The Morgan fingerprint density at radius 1 is 1.18 bits per heavy atom. The highest BCUT2D eigenvalue weighted by molar-refractivity contribution is 14.1. The average Bonchev–Trinajstić information content (AvgIpc) is 2.74. The molecular weight excluding hydrogens is 325 g/mol. The first-order valence-corrected chi connectivity index (χ1v) is 6.83. The molecule has 1 aromatic carbocycles. The second-order valence-corrected chi connectivity index (χ2v) is 5.55. The molecule has 2 nitrogen and oxygen atoms in total. The van der Waals surface area contributed by atoms with Gasteiger partial charge in [-0.2, -0.15) is 0 Å². The van der Waals surface area contributed by atoms with Crippen molar-refractivity contribution < 1.29 is 4.79 Å². The maximum absolute atomic E-state index is 11.8. The molecule has 3 heteroatoms. The molecule has 0 spiro atoms. The Kier molecular flexibility index (Phi) is 2.78. The van der Waals surface area contributed by atoms with Crippen molar-refractivity contribution in [2.45, 2.75) is 19.3 Å². The van der Waals surface area contributed by atoms with Gasteiger partial charge in [0.05, 0.1) is 0 Å². The van der Waals surface area contributed by atoms with Crippen LogP contribution in [0.1, 0.15) is 28.9 Å². The van der Waals surface area contributed by atoms with Gasteiger partial charge in [-0.05, 0) is 59.7 Å². The summed E-state index contributed by atoms with van der Waals surface area (Å²) in [6.45, 7) is 0. The van der Waals surface area contributed by atoms with E-state index in [1.807, 2.05) is 18.3 Å². The molecule has 0 saturated carbocycles. The number of aromatic nitrogens is 1. The molecule has 0 radical (unpaired) electrons. The molecule has 0 bridgehead atoms. The second-order valence-electron chi connectivity index (χ2n) is 4.30. The van der Waals surface area contributed by atoms with E-state index in [2.05, 4.69) is 45.4 Å². The van der Waals surface area contributed by atoms with E-state index in [1.165, 1.54) is 9.26 Å². The summed E-state index contributed by atoms with van der Waals surface area (Å²) in [5, 5.41) is 0. The molecule has 0 atom stereocenters. The predicted octanol–water partition coefficient (Wildman–Crippen LogP) is 3.60. The van der Waals surface area contributed by atoms with Crippen molar-refractivity contribution in [3.05, 3.63) is 51.4 Å². The summed E-state index contributed by atoms with van der Waals surface area (Å²) < 4.78 is 3.36. The lowest BCUT2D eigenvalue weighted by molar-refractivity contribution is 0.0972. The van der Waals surface area contributed by atoms with Crippen molar-refractivity contribution in [1.29, 1.82) is 0 Å². The lowest BCUT2D eigenvalue weighted by Crippen LogP contribution is -2.12. The lowest BCUT2D eigenvalue weighted by atomic mass is 9.97. The van der Waals surface area contributed by atoms with E-state index in [4.69, 9.17) is 0 Å². The van der Waals surface area contributed by atoms with Gasteiger partial charge < -0.3 is 4.57 Å². The first-order chi connectivity index (χ1) is 8.25. The summed E-state index contributed by atoms with van der Waals surface area (Å²) >= 11 is 2.31. The van der Waals surface area contributed by atoms with Crippen LogP contribution in [0.4, 0.5) is 0 Å². The first kappa shape index (κ1) is 11.0. The topological polar surface area (TPSA) is 22.0 Å². The Morgan fingerprint density at radius 3 is 2.88 bits per heavy atom. The Morgan fingerprint density at radius 2 is 2.06 bits per heavy atom. The number of rotatable bonds is 1. The van der Waals surface area contributed by atoms with Crippen LogP contribution < -0.4 is 0 Å². The van der Waals surface area contributed by atoms with Crippen LogP contribution in [0.3, 0.4) is 0 Å². The van der Waals surface area contributed by atoms with E-state index in [0.29, 0.717) is 6.42 Å². The fourth-order valence-corrected chi connectivity index (χ4v) is 2.92. The number of ketones is 1. The third-order valence-electron chi connectivity index (χ3n) is 3.20. The molecule has 1 aliphatic rings. The number of nitrogens with zero attached hydrogens (tertiary/aromatic N) is 1. The van der Waals surface area contributed by atoms with Crippen LogP contribution in [0.2, 0.25) is 0 Å². The molecular formula is C14H12INO. The quantitative estimate of drug-likeness (QED) is 0.729. The predicted molar refractivity (Wildman–Crippen MR) is 75.8 cm³/mol. The number of hydrogen-bond acceptors (Lipinski definition) is 1. The summed E-state index contributed by atoms with van der Waals surface area (Å²) in [6.07, 6.45) is 4.68. The number of carbonyl (C=O) groups excluding carboxylic acids is 1. The Hall–Kier alpha value is -1.10. The molecule has 17 heavy (non-hydrogen) atoms. The first-order valence-electron chi connectivity index (χ1n) is 5.75. The maximum Gasteiger partial charge on any atom is 0.164 e. The highest BCUT2D eigenvalue weighted by atomic mass is 127. The largest absolute Gasteiger partial charge is 0.320 e. The third kappa shape index (κ3) is 1.92. The molecule has 2 aromatic rings. The Labute approximate surface area is 114 Å². The zero-order valence-electron chi connectivity index (χ0n) is 9.32. The van der Waals surface area contributed by atoms with Crippen LogP contribution >= 0.6 is 22.6 Å². The van der Waals surface area contributed by atoms with Gasteiger partial charge in [-0.1, -0.05) is 6.07 Å². The van der Waals surface area contributed by atoms with Gasteiger partial charge in [0.25, 0.3) is 0 Å². The number of benzene rings is 1. The average molecular weight is 337 g/mol. The SMILES string of the molecule is O=C1CCCc2c1ccn2-c1cccc(I)c1. The summed E-state index contributed by atoms with van der Waals surface area (Å²) in [5.74, 6) is 0.288. The molecule has 0 fully saturated rings. The maximum atomic E-state index is 11.8. The van der Waals surface area contributed by atoms with Crippen LogP contribution in [0.5, 0.6) is 0 Å². The van der Waals surface area contributed by atoms with Crippen molar-refractivity contribution in [1.82, 2.24) is 4.57 Å². The molecule has 3 rings (SSSR count). The molecule has 0 unspecified atom stereocenters. The lowest BCUT2D eigenvalue weighted by Gasteiger charge is -2.15. The molecule has 0 amide bonds. The third-order valence-corrected chi connectivity index (χ3v) is 3.87. The monoisotopic (exact) mass is 337 g/mol. The summed E-state index contributed by atoms with van der Waals surface area (Å²) in [7, 11) is 0. The van der Waals surface area contributed by atoms with Gasteiger partial charge in [-0.3, -0.25) is 4.79 Å². The van der Waals surface area contributed by atoms with Crippen LogP contribution in [-0.4, -0.2) is 10.4 Å². The second kappa shape index (κ2) is 4.29. The molecule has 1 aliphatic carbocycles. The smallest absolute Gasteiger partial charge is 0.164 e.